The second kappa shape index (κ2) is 5.98. The van der Waals surface area contributed by atoms with Gasteiger partial charge in [0.15, 0.2) is 0 Å². The zero-order valence-electron chi connectivity index (χ0n) is 10.5. The number of aliphatic hydroxyl groups is 1. The minimum atomic E-state index is -0.429. The monoisotopic (exact) mass is 248 g/mol. The molecule has 4 nitrogen and oxygen atoms in total. The first-order valence-corrected chi connectivity index (χ1v) is 6.43. The highest BCUT2D eigenvalue weighted by molar-refractivity contribution is 5.78. The van der Waals surface area contributed by atoms with E-state index in [1.54, 1.807) is 4.90 Å². The maximum atomic E-state index is 11.5. The van der Waals surface area contributed by atoms with Crippen molar-refractivity contribution in [2.75, 3.05) is 19.6 Å². The van der Waals surface area contributed by atoms with Gasteiger partial charge >= 0.3 is 0 Å². The summed E-state index contributed by atoms with van der Waals surface area (Å²) >= 11 is 0. The van der Waals surface area contributed by atoms with Gasteiger partial charge in [-0.1, -0.05) is 30.3 Å². The zero-order chi connectivity index (χ0) is 13.0. The molecule has 0 saturated carbocycles. The van der Waals surface area contributed by atoms with Crippen LogP contribution >= 0.6 is 0 Å². The van der Waals surface area contributed by atoms with Crippen LogP contribution in [0.25, 0.3) is 0 Å². The Balaban J connectivity index is 1.92. The van der Waals surface area contributed by atoms with E-state index < -0.39 is 6.10 Å². The van der Waals surface area contributed by atoms with Crippen LogP contribution in [-0.4, -0.2) is 35.5 Å². The number of nitrogens with zero attached hydrogens (tertiary/aromatic N) is 1. The largest absolute Gasteiger partial charge is 0.388 e. The Kier molecular flexibility index (Phi) is 4.33. The molecule has 1 aliphatic heterocycles. The third kappa shape index (κ3) is 2.89. The molecular formula is C14H20N2O2. The molecule has 1 unspecified atom stereocenters. The van der Waals surface area contributed by atoms with Crippen molar-refractivity contribution in [1.29, 1.82) is 0 Å². The molecule has 1 heterocycles. The number of carbonyl (C=O) groups excluding carboxylic acids is 1. The first kappa shape index (κ1) is 13.1. The van der Waals surface area contributed by atoms with Crippen molar-refractivity contribution in [2.24, 2.45) is 11.7 Å². The van der Waals surface area contributed by atoms with Gasteiger partial charge in [0.05, 0.1) is 12.6 Å². The number of amides is 1. The van der Waals surface area contributed by atoms with Crippen molar-refractivity contribution in [1.82, 2.24) is 4.90 Å². The van der Waals surface area contributed by atoms with Crippen LogP contribution in [0.4, 0.5) is 0 Å². The van der Waals surface area contributed by atoms with Crippen LogP contribution < -0.4 is 5.73 Å². The van der Waals surface area contributed by atoms with E-state index >= 15 is 0 Å². The fourth-order valence-electron chi connectivity index (χ4n) is 2.52. The number of rotatable bonds is 3. The first-order chi connectivity index (χ1) is 8.72. The molecule has 0 aromatic heterocycles. The van der Waals surface area contributed by atoms with E-state index in [-0.39, 0.29) is 18.4 Å². The second-order valence-electron chi connectivity index (χ2n) is 4.78. The lowest BCUT2D eigenvalue weighted by Gasteiger charge is -2.34. The van der Waals surface area contributed by atoms with Gasteiger partial charge in [0, 0.05) is 13.1 Å². The topological polar surface area (TPSA) is 66.6 Å². The molecule has 0 radical (unpaired) electrons. The molecule has 1 aromatic rings. The molecule has 0 spiro atoms. The molecule has 1 aromatic carbocycles. The summed E-state index contributed by atoms with van der Waals surface area (Å²) in [7, 11) is 0. The van der Waals surface area contributed by atoms with Crippen LogP contribution in [0.5, 0.6) is 0 Å². The number of hydrogen-bond acceptors (Lipinski definition) is 3. The predicted molar refractivity (Wildman–Crippen MR) is 69.8 cm³/mol. The molecule has 2 rings (SSSR count). The van der Waals surface area contributed by atoms with Crippen molar-refractivity contribution in [3.63, 3.8) is 0 Å². The SMILES string of the molecule is NCC(=O)N1CCC(C(O)c2ccccc2)CC1. The smallest absolute Gasteiger partial charge is 0.236 e. The van der Waals surface area contributed by atoms with Crippen LogP contribution in [0.15, 0.2) is 30.3 Å². The highest BCUT2D eigenvalue weighted by Crippen LogP contribution is 2.30. The van der Waals surface area contributed by atoms with E-state index in [1.165, 1.54) is 0 Å². The van der Waals surface area contributed by atoms with Crippen molar-refractivity contribution in [3.05, 3.63) is 35.9 Å². The Morgan fingerprint density at radius 2 is 1.94 bits per heavy atom. The van der Waals surface area contributed by atoms with Crippen LogP contribution in [-0.2, 0) is 4.79 Å². The summed E-state index contributed by atoms with van der Waals surface area (Å²) in [5.74, 6) is 0.233. The van der Waals surface area contributed by atoms with Gasteiger partial charge in [-0.05, 0) is 24.3 Å². The molecular weight excluding hydrogens is 228 g/mol. The molecule has 0 aliphatic carbocycles. The summed E-state index contributed by atoms with van der Waals surface area (Å²) in [5, 5.41) is 10.3. The predicted octanol–water partition coefficient (Wildman–Crippen LogP) is 0.917. The van der Waals surface area contributed by atoms with Crippen molar-refractivity contribution in [2.45, 2.75) is 18.9 Å². The maximum absolute atomic E-state index is 11.5. The standard InChI is InChI=1S/C14H20N2O2/c15-10-13(17)16-8-6-12(7-9-16)14(18)11-4-2-1-3-5-11/h1-5,12,14,18H,6-10,15H2. The van der Waals surface area contributed by atoms with Crippen LogP contribution in [0.1, 0.15) is 24.5 Å². The molecule has 1 fully saturated rings. The molecule has 1 aliphatic rings. The van der Waals surface area contributed by atoms with Crippen molar-refractivity contribution in [3.8, 4) is 0 Å². The average molecular weight is 248 g/mol. The number of aliphatic hydroxyl groups excluding tert-OH is 1. The van der Waals surface area contributed by atoms with Gasteiger partial charge in [-0.15, -0.1) is 0 Å². The molecule has 1 saturated heterocycles. The molecule has 98 valence electrons. The summed E-state index contributed by atoms with van der Waals surface area (Å²) < 4.78 is 0. The number of nitrogens with two attached hydrogens (primary N) is 1. The number of hydrogen-bond donors (Lipinski definition) is 2. The highest BCUT2D eigenvalue weighted by Gasteiger charge is 2.27. The molecule has 18 heavy (non-hydrogen) atoms. The maximum Gasteiger partial charge on any atom is 0.236 e. The number of piperidine rings is 1. The fraction of sp³-hybridized carbons (Fsp3) is 0.500. The van der Waals surface area contributed by atoms with Gasteiger partial charge in [-0.3, -0.25) is 4.79 Å². The Morgan fingerprint density at radius 3 is 2.50 bits per heavy atom. The molecule has 3 N–H and O–H groups in total. The minimum absolute atomic E-state index is 0.00245. The summed E-state index contributed by atoms with van der Waals surface area (Å²) in [5.41, 5.74) is 6.31. The van der Waals surface area contributed by atoms with Crippen LogP contribution in [0.3, 0.4) is 0 Å². The summed E-state index contributed by atoms with van der Waals surface area (Å²) in [6, 6.07) is 9.71. The number of benzene rings is 1. The molecule has 4 heteroatoms. The van der Waals surface area contributed by atoms with E-state index in [0.717, 1.165) is 18.4 Å². The van der Waals surface area contributed by atoms with Gasteiger partial charge in [0.25, 0.3) is 0 Å². The third-order valence-corrected chi connectivity index (χ3v) is 3.65. The lowest BCUT2D eigenvalue weighted by Crippen LogP contribution is -2.42. The van der Waals surface area contributed by atoms with E-state index in [0.29, 0.717) is 13.1 Å². The average Bonchev–Trinajstić information content (AvgIpc) is 2.47. The summed E-state index contributed by atoms with van der Waals surface area (Å²) in [4.78, 5) is 13.2. The summed E-state index contributed by atoms with van der Waals surface area (Å²) in [6.07, 6.45) is 1.24. The molecule has 1 atom stereocenters. The summed E-state index contributed by atoms with van der Waals surface area (Å²) in [6.45, 7) is 1.47. The second-order valence-corrected chi connectivity index (χ2v) is 4.78. The number of carbonyl (C=O) groups is 1. The van der Waals surface area contributed by atoms with Gasteiger partial charge in [0.2, 0.25) is 5.91 Å². The van der Waals surface area contributed by atoms with Crippen molar-refractivity contribution < 1.29 is 9.90 Å². The Hall–Kier alpha value is -1.39. The normalized spacial score (nSPS) is 18.7. The van der Waals surface area contributed by atoms with Crippen LogP contribution in [0, 0.1) is 5.92 Å². The molecule has 0 bridgehead atoms. The van der Waals surface area contributed by atoms with E-state index in [1.807, 2.05) is 30.3 Å². The van der Waals surface area contributed by atoms with Crippen LogP contribution in [0.2, 0.25) is 0 Å². The van der Waals surface area contributed by atoms with Gasteiger partial charge in [-0.2, -0.15) is 0 Å². The Labute approximate surface area is 107 Å². The van der Waals surface area contributed by atoms with E-state index in [9.17, 15) is 9.90 Å². The highest BCUT2D eigenvalue weighted by atomic mass is 16.3. The zero-order valence-corrected chi connectivity index (χ0v) is 10.5. The van der Waals surface area contributed by atoms with E-state index in [4.69, 9.17) is 5.73 Å². The van der Waals surface area contributed by atoms with Gasteiger partial charge in [0.1, 0.15) is 0 Å². The Morgan fingerprint density at radius 1 is 1.33 bits per heavy atom. The molecule has 1 amide bonds. The Bertz CT molecular complexity index is 386. The fourth-order valence-corrected chi connectivity index (χ4v) is 2.52. The van der Waals surface area contributed by atoms with Crippen molar-refractivity contribution >= 4 is 5.91 Å². The lowest BCUT2D eigenvalue weighted by molar-refractivity contribution is -0.131. The lowest BCUT2D eigenvalue weighted by atomic mass is 9.87. The minimum Gasteiger partial charge on any atom is -0.388 e. The quantitative estimate of drug-likeness (QED) is 0.836. The van der Waals surface area contributed by atoms with Gasteiger partial charge < -0.3 is 15.7 Å². The number of likely N-dealkylation sites (tertiary alicyclic amines) is 1. The first-order valence-electron chi connectivity index (χ1n) is 6.43. The van der Waals surface area contributed by atoms with E-state index in [2.05, 4.69) is 0 Å². The third-order valence-electron chi connectivity index (χ3n) is 3.65. The van der Waals surface area contributed by atoms with Gasteiger partial charge in [-0.25, -0.2) is 0 Å².